The van der Waals surface area contributed by atoms with Crippen molar-refractivity contribution in [2.24, 2.45) is 0 Å². The molecule has 0 bridgehead atoms. The van der Waals surface area contributed by atoms with Crippen LogP contribution >= 0.6 is 15.9 Å². The summed E-state index contributed by atoms with van der Waals surface area (Å²) >= 11 is 3.42. The van der Waals surface area contributed by atoms with E-state index in [1.54, 1.807) is 60.7 Å². The van der Waals surface area contributed by atoms with Crippen LogP contribution in [0.3, 0.4) is 0 Å². The SMILES string of the molecule is COc1cc(/C=C2\C(=O)NC(=O)N(c3ccc(OCc4ccccc4)cc3)C2=O)cc(Br)c1OCC(=O)Nc1ccccc1. The van der Waals surface area contributed by atoms with Gasteiger partial charge >= 0.3 is 6.03 Å². The number of halogens is 1. The van der Waals surface area contributed by atoms with E-state index in [2.05, 4.69) is 26.6 Å². The first-order chi connectivity index (χ1) is 21.3. The number of anilines is 2. The summed E-state index contributed by atoms with van der Waals surface area (Å²) in [6.07, 6.45) is 1.34. The van der Waals surface area contributed by atoms with Gasteiger partial charge in [-0.3, -0.25) is 19.7 Å². The first kappa shape index (κ1) is 30.1. The minimum absolute atomic E-state index is 0.251. The Kier molecular flexibility index (Phi) is 9.36. The van der Waals surface area contributed by atoms with E-state index in [1.165, 1.54) is 13.2 Å². The van der Waals surface area contributed by atoms with Crippen LogP contribution in [-0.2, 0) is 21.0 Å². The fourth-order valence-corrected chi connectivity index (χ4v) is 4.88. The molecule has 0 aromatic heterocycles. The molecule has 2 N–H and O–H groups in total. The van der Waals surface area contributed by atoms with E-state index in [9.17, 15) is 19.2 Å². The van der Waals surface area contributed by atoms with E-state index in [0.717, 1.165) is 10.5 Å². The normalized spacial score (nSPS) is 13.8. The van der Waals surface area contributed by atoms with Crippen molar-refractivity contribution in [2.45, 2.75) is 6.61 Å². The molecule has 0 radical (unpaired) electrons. The molecule has 0 saturated carbocycles. The number of methoxy groups -OCH3 is 1. The second kappa shape index (κ2) is 13.7. The van der Waals surface area contributed by atoms with Crippen LogP contribution < -0.4 is 29.7 Å². The number of carbonyl (C=O) groups is 4. The zero-order valence-electron chi connectivity index (χ0n) is 23.4. The van der Waals surface area contributed by atoms with Crippen LogP contribution in [-0.4, -0.2) is 37.5 Å². The Labute approximate surface area is 261 Å². The topological polar surface area (TPSA) is 123 Å². The minimum Gasteiger partial charge on any atom is -0.493 e. The standard InChI is InChI=1S/C33H26BrN3O7/c1-42-28-18-22(17-27(34)30(28)44-20-29(38)35-23-10-6-3-7-11-23)16-26-31(39)36-33(41)37(32(26)40)24-12-14-25(15-13-24)43-19-21-8-4-2-5-9-21/h2-18H,19-20H2,1H3,(H,35,38)(H,36,39,41)/b26-16+. The highest BCUT2D eigenvalue weighted by molar-refractivity contribution is 9.10. The zero-order valence-corrected chi connectivity index (χ0v) is 25.0. The Hall–Kier alpha value is -5.42. The quantitative estimate of drug-likeness (QED) is 0.165. The third-order valence-electron chi connectivity index (χ3n) is 6.41. The smallest absolute Gasteiger partial charge is 0.335 e. The number of urea groups is 1. The first-order valence-electron chi connectivity index (χ1n) is 13.4. The van der Waals surface area contributed by atoms with Gasteiger partial charge in [-0.25, -0.2) is 9.69 Å². The van der Waals surface area contributed by atoms with Crippen LogP contribution in [0.1, 0.15) is 11.1 Å². The predicted molar refractivity (Wildman–Crippen MR) is 167 cm³/mol. The molecule has 5 amide bonds. The third-order valence-corrected chi connectivity index (χ3v) is 7.00. The van der Waals surface area contributed by atoms with E-state index in [1.807, 2.05) is 36.4 Å². The van der Waals surface area contributed by atoms with Gasteiger partial charge in [-0.1, -0.05) is 48.5 Å². The number of carbonyl (C=O) groups excluding carboxylic acids is 4. The van der Waals surface area contributed by atoms with E-state index in [-0.39, 0.29) is 35.3 Å². The van der Waals surface area contributed by atoms with Crippen LogP contribution in [0.25, 0.3) is 6.08 Å². The maximum Gasteiger partial charge on any atom is 0.335 e. The van der Waals surface area contributed by atoms with Gasteiger partial charge in [0, 0.05) is 5.69 Å². The molecule has 4 aromatic rings. The predicted octanol–water partition coefficient (Wildman–Crippen LogP) is 5.72. The first-order valence-corrected chi connectivity index (χ1v) is 14.1. The molecule has 44 heavy (non-hydrogen) atoms. The second-order valence-electron chi connectivity index (χ2n) is 9.46. The minimum atomic E-state index is -0.869. The molecule has 1 aliphatic heterocycles. The summed E-state index contributed by atoms with van der Waals surface area (Å²) in [6.45, 7) is 0.0623. The summed E-state index contributed by atoms with van der Waals surface area (Å²) in [6, 6.07) is 27.3. The number of nitrogens with zero attached hydrogens (tertiary/aromatic N) is 1. The average molecular weight is 656 g/mol. The molecule has 10 nitrogen and oxygen atoms in total. The van der Waals surface area contributed by atoms with Gasteiger partial charge in [-0.05, 0) is 81.7 Å². The number of hydrogen-bond acceptors (Lipinski definition) is 7. The number of rotatable bonds is 10. The lowest BCUT2D eigenvalue weighted by Gasteiger charge is -2.26. The highest BCUT2D eigenvalue weighted by Gasteiger charge is 2.37. The lowest BCUT2D eigenvalue weighted by Crippen LogP contribution is -2.54. The molecule has 5 rings (SSSR count). The summed E-state index contributed by atoms with van der Waals surface area (Å²) in [4.78, 5) is 52.1. The Morgan fingerprint density at radius 3 is 2.27 bits per heavy atom. The van der Waals surface area contributed by atoms with Gasteiger partial charge in [0.2, 0.25) is 0 Å². The van der Waals surface area contributed by atoms with Gasteiger partial charge in [0.15, 0.2) is 18.1 Å². The molecule has 4 aromatic carbocycles. The lowest BCUT2D eigenvalue weighted by atomic mass is 10.1. The zero-order chi connectivity index (χ0) is 31.1. The lowest BCUT2D eigenvalue weighted by molar-refractivity contribution is -0.122. The van der Waals surface area contributed by atoms with Gasteiger partial charge in [-0.15, -0.1) is 0 Å². The molecule has 0 atom stereocenters. The maximum atomic E-state index is 13.4. The van der Waals surface area contributed by atoms with Crippen LogP contribution in [0.4, 0.5) is 16.2 Å². The summed E-state index contributed by atoms with van der Waals surface area (Å²) in [7, 11) is 1.42. The van der Waals surface area contributed by atoms with Crippen LogP contribution in [0.15, 0.2) is 107 Å². The van der Waals surface area contributed by atoms with Gasteiger partial charge in [0.05, 0.1) is 17.3 Å². The van der Waals surface area contributed by atoms with Gasteiger partial charge in [0.1, 0.15) is 17.9 Å². The number of imide groups is 2. The van der Waals surface area contributed by atoms with Crippen molar-refractivity contribution in [1.82, 2.24) is 5.32 Å². The van der Waals surface area contributed by atoms with Crippen molar-refractivity contribution in [1.29, 1.82) is 0 Å². The number of benzene rings is 4. The highest BCUT2D eigenvalue weighted by Crippen LogP contribution is 2.37. The Morgan fingerprint density at radius 1 is 0.909 bits per heavy atom. The second-order valence-corrected chi connectivity index (χ2v) is 10.3. The number of nitrogens with one attached hydrogen (secondary N) is 2. The van der Waals surface area contributed by atoms with Gasteiger partial charge < -0.3 is 19.5 Å². The van der Waals surface area contributed by atoms with Crippen molar-refractivity contribution in [3.8, 4) is 17.2 Å². The highest BCUT2D eigenvalue weighted by atomic mass is 79.9. The molecule has 1 aliphatic rings. The number of para-hydroxylation sites is 1. The van der Waals surface area contributed by atoms with Crippen molar-refractivity contribution < 1.29 is 33.4 Å². The van der Waals surface area contributed by atoms with Gasteiger partial charge in [-0.2, -0.15) is 0 Å². The molecule has 1 fully saturated rings. The Morgan fingerprint density at radius 2 is 1.59 bits per heavy atom. The Bertz CT molecular complexity index is 1730. The maximum absolute atomic E-state index is 13.4. The van der Waals surface area contributed by atoms with Crippen LogP contribution in [0, 0.1) is 0 Å². The molecule has 0 aliphatic carbocycles. The molecule has 0 spiro atoms. The molecule has 11 heteroatoms. The van der Waals surface area contributed by atoms with E-state index < -0.39 is 17.8 Å². The molecular weight excluding hydrogens is 630 g/mol. The molecular formula is C33H26BrN3O7. The monoisotopic (exact) mass is 655 g/mol. The van der Waals surface area contributed by atoms with E-state index >= 15 is 0 Å². The number of barbiturate groups is 1. The summed E-state index contributed by atoms with van der Waals surface area (Å²) in [5, 5.41) is 4.94. The molecule has 222 valence electrons. The number of amides is 5. The third kappa shape index (κ3) is 7.13. The Balaban J connectivity index is 1.31. The van der Waals surface area contributed by atoms with Gasteiger partial charge in [0.25, 0.3) is 17.7 Å². The van der Waals surface area contributed by atoms with E-state index in [4.69, 9.17) is 14.2 Å². The average Bonchev–Trinajstić information content (AvgIpc) is 3.02. The fraction of sp³-hybridized carbons (Fsp3) is 0.0909. The van der Waals surface area contributed by atoms with Crippen molar-refractivity contribution >= 4 is 57.1 Å². The van der Waals surface area contributed by atoms with E-state index in [0.29, 0.717) is 28.1 Å². The van der Waals surface area contributed by atoms with Crippen LogP contribution in [0.2, 0.25) is 0 Å². The largest absolute Gasteiger partial charge is 0.493 e. The molecule has 1 heterocycles. The van der Waals surface area contributed by atoms with Crippen molar-refractivity contribution in [2.75, 3.05) is 23.9 Å². The molecule has 1 saturated heterocycles. The van der Waals surface area contributed by atoms with Crippen molar-refractivity contribution in [3.63, 3.8) is 0 Å². The fourth-order valence-electron chi connectivity index (χ4n) is 4.31. The van der Waals surface area contributed by atoms with Crippen molar-refractivity contribution in [3.05, 3.63) is 118 Å². The summed E-state index contributed by atoms with van der Waals surface area (Å²) in [5.74, 6) is -0.964. The van der Waals surface area contributed by atoms with Crippen LogP contribution in [0.5, 0.6) is 17.2 Å². The summed E-state index contributed by atoms with van der Waals surface area (Å²) in [5.41, 5.74) is 2.02. The molecule has 0 unspecified atom stereocenters. The summed E-state index contributed by atoms with van der Waals surface area (Å²) < 4.78 is 17.4. The number of ether oxygens (including phenoxy) is 3. The number of hydrogen-bond donors (Lipinski definition) is 2.